The second-order valence-electron chi connectivity index (χ2n) is 4.48. The summed E-state index contributed by atoms with van der Waals surface area (Å²) in [6.45, 7) is 0.799. The normalized spacial score (nSPS) is 10.4. The van der Waals surface area contributed by atoms with Crippen molar-refractivity contribution in [3.8, 4) is 5.75 Å². The minimum Gasteiger partial charge on any atom is -0.487 e. The first kappa shape index (κ1) is 15.3. The van der Waals surface area contributed by atoms with Gasteiger partial charge in [0.1, 0.15) is 12.4 Å². The first-order valence-corrected chi connectivity index (χ1v) is 6.83. The summed E-state index contributed by atoms with van der Waals surface area (Å²) in [7, 11) is 0. The van der Waals surface area contributed by atoms with Crippen LogP contribution in [0.3, 0.4) is 0 Å². The van der Waals surface area contributed by atoms with Gasteiger partial charge in [0.2, 0.25) is 0 Å². The SMILES string of the molecule is NCCc1cccc(Cl)c1OCc1ccc([N+](=O)[O-])cc1. The molecule has 21 heavy (non-hydrogen) atoms. The van der Waals surface area contributed by atoms with Gasteiger partial charge in [-0.05, 0) is 42.3 Å². The number of hydrogen-bond acceptors (Lipinski definition) is 4. The van der Waals surface area contributed by atoms with E-state index in [1.807, 2.05) is 12.1 Å². The number of benzene rings is 2. The molecule has 0 spiro atoms. The van der Waals surface area contributed by atoms with E-state index in [1.165, 1.54) is 12.1 Å². The molecule has 5 nitrogen and oxygen atoms in total. The lowest BCUT2D eigenvalue weighted by Crippen LogP contribution is -2.06. The molecule has 0 aliphatic carbocycles. The largest absolute Gasteiger partial charge is 0.487 e. The van der Waals surface area contributed by atoms with Crippen molar-refractivity contribution in [1.29, 1.82) is 0 Å². The first-order chi connectivity index (χ1) is 10.1. The number of nitro benzene ring substituents is 1. The van der Waals surface area contributed by atoms with Crippen LogP contribution in [-0.2, 0) is 13.0 Å². The van der Waals surface area contributed by atoms with E-state index in [9.17, 15) is 10.1 Å². The summed E-state index contributed by atoms with van der Waals surface area (Å²) in [6, 6.07) is 11.8. The maximum absolute atomic E-state index is 10.6. The number of hydrogen-bond donors (Lipinski definition) is 1. The van der Waals surface area contributed by atoms with Crippen molar-refractivity contribution in [3.05, 3.63) is 68.7 Å². The van der Waals surface area contributed by atoms with Gasteiger partial charge in [0, 0.05) is 12.1 Å². The summed E-state index contributed by atoms with van der Waals surface area (Å²) in [5, 5.41) is 11.1. The zero-order chi connectivity index (χ0) is 15.2. The van der Waals surface area contributed by atoms with E-state index < -0.39 is 4.92 Å². The number of para-hydroxylation sites is 1. The third-order valence-electron chi connectivity index (χ3n) is 2.99. The molecule has 0 unspecified atom stereocenters. The van der Waals surface area contributed by atoms with E-state index in [4.69, 9.17) is 22.1 Å². The highest BCUT2D eigenvalue weighted by atomic mass is 35.5. The average Bonchev–Trinajstić information content (AvgIpc) is 2.47. The summed E-state index contributed by atoms with van der Waals surface area (Å²) < 4.78 is 5.75. The molecule has 2 N–H and O–H groups in total. The van der Waals surface area contributed by atoms with Gasteiger partial charge < -0.3 is 10.5 Å². The number of nitrogens with two attached hydrogens (primary N) is 1. The Hall–Kier alpha value is -2.11. The van der Waals surface area contributed by atoms with Crippen LogP contribution >= 0.6 is 11.6 Å². The highest BCUT2D eigenvalue weighted by molar-refractivity contribution is 6.32. The Morgan fingerprint density at radius 2 is 1.90 bits per heavy atom. The lowest BCUT2D eigenvalue weighted by molar-refractivity contribution is -0.384. The molecule has 0 aliphatic heterocycles. The van der Waals surface area contributed by atoms with Gasteiger partial charge in [-0.2, -0.15) is 0 Å². The Kier molecular flexibility index (Phi) is 5.14. The van der Waals surface area contributed by atoms with Crippen LogP contribution in [0, 0.1) is 10.1 Å². The summed E-state index contributed by atoms with van der Waals surface area (Å²) >= 11 is 6.14. The van der Waals surface area contributed by atoms with E-state index >= 15 is 0 Å². The number of nitrogens with zero attached hydrogens (tertiary/aromatic N) is 1. The van der Waals surface area contributed by atoms with E-state index in [1.54, 1.807) is 18.2 Å². The van der Waals surface area contributed by atoms with Gasteiger partial charge in [0.25, 0.3) is 5.69 Å². The molecule has 0 atom stereocenters. The van der Waals surface area contributed by atoms with Gasteiger partial charge in [-0.15, -0.1) is 0 Å². The Labute approximate surface area is 127 Å². The Morgan fingerprint density at radius 1 is 1.19 bits per heavy atom. The smallest absolute Gasteiger partial charge is 0.269 e. The third kappa shape index (κ3) is 3.93. The van der Waals surface area contributed by atoms with E-state index in [0.29, 0.717) is 30.3 Å². The zero-order valence-corrected chi connectivity index (χ0v) is 12.0. The molecule has 0 aliphatic rings. The minimum atomic E-state index is -0.432. The van der Waals surface area contributed by atoms with Crippen LogP contribution in [0.2, 0.25) is 5.02 Å². The fourth-order valence-electron chi connectivity index (χ4n) is 1.94. The maximum Gasteiger partial charge on any atom is 0.269 e. The molecule has 0 heterocycles. The second kappa shape index (κ2) is 7.06. The van der Waals surface area contributed by atoms with E-state index in [-0.39, 0.29) is 5.69 Å². The molecule has 2 aromatic rings. The molecule has 110 valence electrons. The molecule has 0 saturated carbocycles. The number of nitro groups is 1. The Bertz CT molecular complexity index is 629. The van der Waals surface area contributed by atoms with Crippen LogP contribution in [-0.4, -0.2) is 11.5 Å². The molecule has 2 rings (SSSR count). The maximum atomic E-state index is 10.6. The average molecular weight is 307 g/mol. The molecule has 0 fully saturated rings. The van der Waals surface area contributed by atoms with Crippen molar-refractivity contribution in [2.24, 2.45) is 5.73 Å². The van der Waals surface area contributed by atoms with Crippen molar-refractivity contribution in [3.63, 3.8) is 0 Å². The highest BCUT2D eigenvalue weighted by Gasteiger charge is 2.09. The van der Waals surface area contributed by atoms with Gasteiger partial charge in [-0.25, -0.2) is 0 Å². The molecule has 0 radical (unpaired) electrons. The van der Waals surface area contributed by atoms with Crippen molar-refractivity contribution < 1.29 is 9.66 Å². The summed E-state index contributed by atoms with van der Waals surface area (Å²) in [6.07, 6.45) is 0.677. The fourth-order valence-corrected chi connectivity index (χ4v) is 2.19. The van der Waals surface area contributed by atoms with Gasteiger partial charge in [0.05, 0.1) is 9.95 Å². The number of rotatable bonds is 6. The molecule has 0 bridgehead atoms. The van der Waals surface area contributed by atoms with Crippen LogP contribution in [0.15, 0.2) is 42.5 Å². The van der Waals surface area contributed by atoms with Crippen molar-refractivity contribution in [2.75, 3.05) is 6.54 Å². The van der Waals surface area contributed by atoms with Crippen LogP contribution in [0.4, 0.5) is 5.69 Å². The summed E-state index contributed by atoms with van der Waals surface area (Å²) in [5.74, 6) is 0.614. The predicted octanol–water partition coefficient (Wildman–Crippen LogP) is 3.33. The second-order valence-corrected chi connectivity index (χ2v) is 4.89. The van der Waals surface area contributed by atoms with Crippen molar-refractivity contribution >= 4 is 17.3 Å². The zero-order valence-electron chi connectivity index (χ0n) is 11.3. The van der Waals surface area contributed by atoms with E-state index in [2.05, 4.69) is 0 Å². The van der Waals surface area contributed by atoms with Crippen LogP contribution in [0.25, 0.3) is 0 Å². The third-order valence-corrected chi connectivity index (χ3v) is 3.29. The molecular weight excluding hydrogens is 292 g/mol. The van der Waals surface area contributed by atoms with Gasteiger partial charge in [-0.1, -0.05) is 23.7 Å². The van der Waals surface area contributed by atoms with Crippen LogP contribution < -0.4 is 10.5 Å². The standard InChI is InChI=1S/C15H15ClN2O3/c16-14-3-1-2-12(8-9-17)15(14)21-10-11-4-6-13(7-5-11)18(19)20/h1-7H,8-10,17H2. The first-order valence-electron chi connectivity index (χ1n) is 6.45. The lowest BCUT2D eigenvalue weighted by Gasteiger charge is -2.12. The fraction of sp³-hybridized carbons (Fsp3) is 0.200. The van der Waals surface area contributed by atoms with Crippen molar-refractivity contribution in [1.82, 2.24) is 0 Å². The summed E-state index contributed by atoms with van der Waals surface area (Å²) in [4.78, 5) is 10.2. The van der Waals surface area contributed by atoms with Crippen LogP contribution in [0.1, 0.15) is 11.1 Å². The molecule has 6 heteroatoms. The summed E-state index contributed by atoms with van der Waals surface area (Å²) in [5.41, 5.74) is 7.41. The lowest BCUT2D eigenvalue weighted by atomic mass is 10.1. The predicted molar refractivity (Wildman–Crippen MR) is 81.6 cm³/mol. The molecule has 2 aromatic carbocycles. The highest BCUT2D eigenvalue weighted by Crippen LogP contribution is 2.29. The molecular formula is C15H15ClN2O3. The monoisotopic (exact) mass is 306 g/mol. The number of ether oxygens (including phenoxy) is 1. The minimum absolute atomic E-state index is 0.0558. The van der Waals surface area contributed by atoms with Crippen molar-refractivity contribution in [2.45, 2.75) is 13.0 Å². The van der Waals surface area contributed by atoms with Crippen LogP contribution in [0.5, 0.6) is 5.75 Å². The topological polar surface area (TPSA) is 78.4 Å². The quantitative estimate of drug-likeness (QED) is 0.656. The molecule has 0 saturated heterocycles. The number of non-ortho nitro benzene ring substituents is 1. The molecule has 0 amide bonds. The van der Waals surface area contributed by atoms with Gasteiger partial charge >= 0.3 is 0 Å². The van der Waals surface area contributed by atoms with Gasteiger partial charge in [-0.3, -0.25) is 10.1 Å². The molecule has 0 aromatic heterocycles. The Morgan fingerprint density at radius 3 is 2.52 bits per heavy atom. The Balaban J connectivity index is 2.10. The number of halogens is 1. The van der Waals surface area contributed by atoms with Gasteiger partial charge in [0.15, 0.2) is 0 Å². The van der Waals surface area contributed by atoms with E-state index in [0.717, 1.165) is 11.1 Å².